The number of hydrogen-bond acceptors (Lipinski definition) is 2. The van der Waals surface area contributed by atoms with Crippen LogP contribution in [-0.2, 0) is 4.74 Å². The van der Waals surface area contributed by atoms with Crippen molar-refractivity contribution in [1.82, 2.24) is 5.32 Å². The molecule has 2 heteroatoms. The zero-order chi connectivity index (χ0) is 14.4. The molecule has 1 aromatic rings. The molecule has 0 radical (unpaired) electrons. The van der Waals surface area contributed by atoms with Crippen LogP contribution in [0.4, 0.5) is 0 Å². The highest BCUT2D eigenvalue weighted by Gasteiger charge is 2.21. The summed E-state index contributed by atoms with van der Waals surface area (Å²) < 4.78 is 5.44. The fourth-order valence-electron chi connectivity index (χ4n) is 2.87. The molecule has 1 aliphatic rings. The Balaban J connectivity index is 1.95. The number of ether oxygens (including phenoxy) is 1. The molecular formula is C18H29NO. The predicted molar refractivity (Wildman–Crippen MR) is 84.8 cm³/mol. The molecule has 0 amide bonds. The Morgan fingerprint density at radius 3 is 2.40 bits per heavy atom. The molecule has 0 saturated carbocycles. The Morgan fingerprint density at radius 1 is 1.15 bits per heavy atom. The molecule has 1 fully saturated rings. The third kappa shape index (κ3) is 5.26. The molecule has 2 rings (SSSR count). The summed E-state index contributed by atoms with van der Waals surface area (Å²) in [6.07, 6.45) is 3.56. The summed E-state index contributed by atoms with van der Waals surface area (Å²) in [5.74, 6) is 0.773. The molecule has 1 N–H and O–H groups in total. The molecule has 1 atom stereocenters. The van der Waals surface area contributed by atoms with Crippen LogP contribution in [0.3, 0.4) is 0 Å². The van der Waals surface area contributed by atoms with Gasteiger partial charge in [0.15, 0.2) is 0 Å². The molecule has 2 nitrogen and oxygen atoms in total. The second-order valence-electron chi connectivity index (χ2n) is 7.19. The van der Waals surface area contributed by atoms with Crippen LogP contribution < -0.4 is 5.32 Å². The van der Waals surface area contributed by atoms with Crippen LogP contribution in [0.5, 0.6) is 0 Å². The van der Waals surface area contributed by atoms with Crippen molar-refractivity contribution in [2.75, 3.05) is 19.8 Å². The summed E-state index contributed by atoms with van der Waals surface area (Å²) in [5, 5.41) is 3.81. The van der Waals surface area contributed by atoms with E-state index in [0.717, 1.165) is 25.7 Å². The van der Waals surface area contributed by atoms with Gasteiger partial charge in [0.25, 0.3) is 0 Å². The average molecular weight is 275 g/mol. The topological polar surface area (TPSA) is 21.3 Å². The largest absolute Gasteiger partial charge is 0.381 e. The molecule has 1 unspecified atom stereocenters. The molecule has 0 aromatic heterocycles. The first kappa shape index (κ1) is 15.5. The van der Waals surface area contributed by atoms with E-state index >= 15 is 0 Å². The van der Waals surface area contributed by atoms with Gasteiger partial charge >= 0.3 is 0 Å². The van der Waals surface area contributed by atoms with Crippen LogP contribution in [-0.4, -0.2) is 19.8 Å². The first-order valence-electron chi connectivity index (χ1n) is 7.91. The van der Waals surface area contributed by atoms with Crippen LogP contribution >= 0.6 is 0 Å². The van der Waals surface area contributed by atoms with E-state index in [0.29, 0.717) is 11.5 Å². The number of rotatable bonds is 5. The minimum absolute atomic E-state index is 0.336. The smallest absolute Gasteiger partial charge is 0.0469 e. The van der Waals surface area contributed by atoms with Crippen LogP contribution in [0.2, 0.25) is 0 Å². The van der Waals surface area contributed by atoms with Gasteiger partial charge in [-0.2, -0.15) is 0 Å². The molecule has 0 spiro atoms. The van der Waals surface area contributed by atoms with E-state index in [2.05, 4.69) is 56.4 Å². The SMILES string of the molecule is CC(C)(C)CC(NCC1CCOCC1)c1ccccc1. The number of benzene rings is 1. The van der Waals surface area contributed by atoms with E-state index in [1.165, 1.54) is 24.8 Å². The molecule has 20 heavy (non-hydrogen) atoms. The quantitative estimate of drug-likeness (QED) is 0.870. The van der Waals surface area contributed by atoms with E-state index in [4.69, 9.17) is 4.74 Å². The standard InChI is InChI=1S/C18H29NO/c1-18(2,3)13-17(16-7-5-4-6-8-16)19-14-15-9-11-20-12-10-15/h4-8,15,17,19H,9-14H2,1-3H3. The first-order chi connectivity index (χ1) is 9.54. The minimum atomic E-state index is 0.336. The van der Waals surface area contributed by atoms with Crippen molar-refractivity contribution >= 4 is 0 Å². The van der Waals surface area contributed by atoms with E-state index in [1.54, 1.807) is 0 Å². The van der Waals surface area contributed by atoms with Crippen molar-refractivity contribution in [2.45, 2.75) is 46.1 Å². The molecule has 0 aliphatic carbocycles. The Bertz CT molecular complexity index is 376. The molecule has 1 aliphatic heterocycles. The zero-order valence-corrected chi connectivity index (χ0v) is 13.2. The van der Waals surface area contributed by atoms with Crippen molar-refractivity contribution in [3.8, 4) is 0 Å². The van der Waals surface area contributed by atoms with Crippen LogP contribution in [0.25, 0.3) is 0 Å². The maximum Gasteiger partial charge on any atom is 0.0469 e. The summed E-state index contributed by atoms with van der Waals surface area (Å²) in [4.78, 5) is 0. The average Bonchev–Trinajstić information content (AvgIpc) is 2.44. The van der Waals surface area contributed by atoms with E-state index in [-0.39, 0.29) is 0 Å². The molecular weight excluding hydrogens is 246 g/mol. The highest BCUT2D eigenvalue weighted by Crippen LogP contribution is 2.29. The van der Waals surface area contributed by atoms with Crippen LogP contribution in [0.15, 0.2) is 30.3 Å². The number of nitrogens with one attached hydrogen (secondary N) is 1. The lowest BCUT2D eigenvalue weighted by molar-refractivity contribution is 0.0649. The van der Waals surface area contributed by atoms with Gasteiger partial charge in [-0.1, -0.05) is 51.1 Å². The van der Waals surface area contributed by atoms with Gasteiger partial charge in [0.1, 0.15) is 0 Å². The zero-order valence-electron chi connectivity index (χ0n) is 13.2. The molecule has 112 valence electrons. The van der Waals surface area contributed by atoms with Gasteiger partial charge in [-0.3, -0.25) is 0 Å². The predicted octanol–water partition coefficient (Wildman–Crippen LogP) is 4.18. The number of hydrogen-bond donors (Lipinski definition) is 1. The normalized spacial score (nSPS) is 18.9. The van der Waals surface area contributed by atoms with Crippen molar-refractivity contribution in [2.24, 2.45) is 11.3 Å². The minimum Gasteiger partial charge on any atom is -0.381 e. The summed E-state index contributed by atoms with van der Waals surface area (Å²) in [6.45, 7) is 9.93. The van der Waals surface area contributed by atoms with E-state index in [9.17, 15) is 0 Å². The van der Waals surface area contributed by atoms with E-state index < -0.39 is 0 Å². The Morgan fingerprint density at radius 2 is 1.80 bits per heavy atom. The Labute approximate surface area is 123 Å². The molecule has 1 aromatic carbocycles. The lowest BCUT2D eigenvalue weighted by Crippen LogP contribution is -2.32. The fraction of sp³-hybridized carbons (Fsp3) is 0.667. The second-order valence-corrected chi connectivity index (χ2v) is 7.19. The maximum absolute atomic E-state index is 5.44. The van der Waals surface area contributed by atoms with Crippen molar-refractivity contribution < 1.29 is 4.74 Å². The van der Waals surface area contributed by atoms with Crippen LogP contribution in [0, 0.1) is 11.3 Å². The third-order valence-electron chi connectivity index (χ3n) is 4.01. The van der Waals surface area contributed by atoms with Gasteiger partial charge < -0.3 is 10.1 Å². The molecule has 1 heterocycles. The van der Waals surface area contributed by atoms with Crippen molar-refractivity contribution in [1.29, 1.82) is 0 Å². The van der Waals surface area contributed by atoms with Crippen LogP contribution in [0.1, 0.15) is 51.6 Å². The summed E-state index contributed by atoms with van der Waals surface area (Å²) >= 11 is 0. The van der Waals surface area contributed by atoms with Gasteiger partial charge in [-0.25, -0.2) is 0 Å². The highest BCUT2D eigenvalue weighted by atomic mass is 16.5. The van der Waals surface area contributed by atoms with Gasteiger partial charge in [-0.15, -0.1) is 0 Å². The van der Waals surface area contributed by atoms with Crippen molar-refractivity contribution in [3.63, 3.8) is 0 Å². The fourth-order valence-corrected chi connectivity index (χ4v) is 2.87. The van der Waals surface area contributed by atoms with E-state index in [1.807, 2.05) is 0 Å². The summed E-state index contributed by atoms with van der Waals surface area (Å²) in [5.41, 5.74) is 1.75. The van der Waals surface area contributed by atoms with Gasteiger partial charge in [0.05, 0.1) is 0 Å². The summed E-state index contributed by atoms with van der Waals surface area (Å²) in [7, 11) is 0. The Hall–Kier alpha value is -0.860. The summed E-state index contributed by atoms with van der Waals surface area (Å²) in [6, 6.07) is 11.3. The Kier molecular flexibility index (Phi) is 5.62. The molecule has 1 saturated heterocycles. The lowest BCUT2D eigenvalue weighted by Gasteiger charge is -2.30. The highest BCUT2D eigenvalue weighted by molar-refractivity contribution is 5.19. The molecule has 0 bridgehead atoms. The third-order valence-corrected chi connectivity index (χ3v) is 4.01. The van der Waals surface area contributed by atoms with Gasteiger partial charge in [-0.05, 0) is 42.7 Å². The lowest BCUT2D eigenvalue weighted by atomic mass is 9.85. The maximum atomic E-state index is 5.44. The monoisotopic (exact) mass is 275 g/mol. The van der Waals surface area contributed by atoms with Gasteiger partial charge in [0.2, 0.25) is 0 Å². The van der Waals surface area contributed by atoms with Gasteiger partial charge in [0, 0.05) is 19.3 Å². The second kappa shape index (κ2) is 7.24. The first-order valence-corrected chi connectivity index (χ1v) is 7.91. The van der Waals surface area contributed by atoms with Crippen molar-refractivity contribution in [3.05, 3.63) is 35.9 Å².